The van der Waals surface area contributed by atoms with Gasteiger partial charge in [0, 0.05) is 43.2 Å². The molecule has 0 spiro atoms. The maximum Gasteiger partial charge on any atom is 0.223 e. The fourth-order valence-electron chi connectivity index (χ4n) is 4.46. The fraction of sp³-hybridized carbons (Fsp3) is 0.423. The Balaban J connectivity index is 1.70. The minimum Gasteiger partial charge on any atom is -0.378 e. The van der Waals surface area contributed by atoms with Crippen LogP contribution in [-0.2, 0) is 16.1 Å². The molecule has 0 radical (unpaired) electrons. The van der Waals surface area contributed by atoms with Gasteiger partial charge < -0.3 is 14.2 Å². The summed E-state index contributed by atoms with van der Waals surface area (Å²) in [5.41, 5.74) is 3.76. The third kappa shape index (κ3) is 4.44. The highest BCUT2D eigenvalue weighted by Gasteiger charge is 2.32. The van der Waals surface area contributed by atoms with Crippen molar-refractivity contribution in [3.05, 3.63) is 71.9 Å². The molecular formula is C26H32N2O2. The van der Waals surface area contributed by atoms with Crippen LogP contribution in [0.5, 0.6) is 0 Å². The van der Waals surface area contributed by atoms with Crippen molar-refractivity contribution in [1.29, 1.82) is 0 Å². The lowest BCUT2D eigenvalue weighted by molar-refractivity contribution is -0.136. The molecule has 0 aliphatic carbocycles. The molecule has 2 aromatic carbocycles. The Morgan fingerprint density at radius 2 is 1.67 bits per heavy atom. The molecule has 0 N–H and O–H groups in total. The van der Waals surface area contributed by atoms with E-state index >= 15 is 0 Å². The Morgan fingerprint density at radius 1 is 1.00 bits per heavy atom. The van der Waals surface area contributed by atoms with Gasteiger partial charge in [-0.1, -0.05) is 69.3 Å². The average Bonchev–Trinajstić information content (AvgIpc) is 3.10. The van der Waals surface area contributed by atoms with Crippen LogP contribution in [-0.4, -0.2) is 41.7 Å². The standard InChI is InChI=1S/C26H32N2O2/c1-26(2,3)23(17-25(29)27-13-15-30-16-14-27)22-19-28(18-20-9-5-4-6-10-20)24-12-8-7-11-21(22)24/h4-12,19,23H,13-18H2,1-3H3. The SMILES string of the molecule is CC(C)(C)C(CC(=O)N1CCOCC1)c1cn(Cc2ccccc2)c2ccccc12. The topological polar surface area (TPSA) is 34.5 Å². The lowest BCUT2D eigenvalue weighted by Gasteiger charge is -2.34. The van der Waals surface area contributed by atoms with E-state index in [1.165, 1.54) is 22.0 Å². The van der Waals surface area contributed by atoms with E-state index in [0.717, 1.165) is 6.54 Å². The Labute approximate surface area is 179 Å². The molecule has 1 atom stereocenters. The smallest absolute Gasteiger partial charge is 0.223 e. The molecule has 0 bridgehead atoms. The predicted molar refractivity (Wildman–Crippen MR) is 122 cm³/mol. The molecule has 2 heterocycles. The number of amides is 1. The van der Waals surface area contributed by atoms with Crippen molar-refractivity contribution in [3.8, 4) is 0 Å². The molecule has 1 amide bonds. The van der Waals surface area contributed by atoms with E-state index in [0.29, 0.717) is 32.7 Å². The van der Waals surface area contributed by atoms with Crippen molar-refractivity contribution >= 4 is 16.8 Å². The first-order chi connectivity index (χ1) is 14.4. The molecule has 1 aromatic heterocycles. The van der Waals surface area contributed by atoms with Crippen LogP contribution in [0.4, 0.5) is 0 Å². The average molecular weight is 405 g/mol. The highest BCUT2D eigenvalue weighted by molar-refractivity contribution is 5.86. The minimum atomic E-state index is -0.0242. The van der Waals surface area contributed by atoms with E-state index in [9.17, 15) is 4.79 Å². The molecule has 0 saturated carbocycles. The summed E-state index contributed by atoms with van der Waals surface area (Å²) < 4.78 is 7.76. The number of fused-ring (bicyclic) bond motifs is 1. The maximum absolute atomic E-state index is 13.1. The van der Waals surface area contributed by atoms with Gasteiger partial charge in [-0.15, -0.1) is 0 Å². The third-order valence-electron chi connectivity index (χ3n) is 6.18. The molecule has 1 unspecified atom stereocenters. The van der Waals surface area contributed by atoms with E-state index in [2.05, 4.69) is 86.1 Å². The molecule has 4 nitrogen and oxygen atoms in total. The molecule has 158 valence electrons. The maximum atomic E-state index is 13.1. The van der Waals surface area contributed by atoms with Gasteiger partial charge in [0.15, 0.2) is 0 Å². The number of carbonyl (C=O) groups excluding carboxylic acids is 1. The number of carbonyl (C=O) groups is 1. The van der Waals surface area contributed by atoms with Gasteiger partial charge in [-0.25, -0.2) is 0 Å². The van der Waals surface area contributed by atoms with E-state index in [-0.39, 0.29) is 17.2 Å². The van der Waals surface area contributed by atoms with Gasteiger partial charge in [0.05, 0.1) is 13.2 Å². The highest BCUT2D eigenvalue weighted by Crippen LogP contribution is 2.42. The number of para-hydroxylation sites is 1. The summed E-state index contributed by atoms with van der Waals surface area (Å²) >= 11 is 0. The largest absolute Gasteiger partial charge is 0.378 e. The number of nitrogens with zero attached hydrogens (tertiary/aromatic N) is 2. The van der Waals surface area contributed by atoms with Crippen molar-refractivity contribution in [3.63, 3.8) is 0 Å². The molecule has 3 aromatic rings. The zero-order valence-corrected chi connectivity index (χ0v) is 18.3. The summed E-state index contributed by atoms with van der Waals surface area (Å²) in [5.74, 6) is 0.382. The second kappa shape index (κ2) is 8.65. The van der Waals surface area contributed by atoms with Crippen molar-refractivity contribution in [2.24, 2.45) is 5.41 Å². The van der Waals surface area contributed by atoms with E-state index in [4.69, 9.17) is 4.74 Å². The Bertz CT molecular complexity index is 995. The van der Waals surface area contributed by atoms with Crippen molar-refractivity contribution in [2.45, 2.75) is 39.7 Å². The van der Waals surface area contributed by atoms with Gasteiger partial charge in [0.25, 0.3) is 0 Å². The summed E-state index contributed by atoms with van der Waals surface area (Å²) in [7, 11) is 0. The van der Waals surface area contributed by atoms with Crippen LogP contribution in [0.15, 0.2) is 60.8 Å². The summed E-state index contributed by atoms with van der Waals surface area (Å²) in [6.45, 7) is 10.2. The number of morpholine rings is 1. The predicted octanol–water partition coefficient (Wildman–Crippen LogP) is 5.07. The van der Waals surface area contributed by atoms with Gasteiger partial charge in [-0.2, -0.15) is 0 Å². The lowest BCUT2D eigenvalue weighted by atomic mass is 9.74. The lowest BCUT2D eigenvalue weighted by Crippen LogP contribution is -2.42. The molecular weight excluding hydrogens is 372 g/mol. The van der Waals surface area contributed by atoms with Crippen LogP contribution < -0.4 is 0 Å². The van der Waals surface area contributed by atoms with Crippen LogP contribution in [0, 0.1) is 5.41 Å². The first-order valence-electron chi connectivity index (χ1n) is 10.9. The minimum absolute atomic E-state index is 0.0242. The quantitative estimate of drug-likeness (QED) is 0.595. The molecule has 1 saturated heterocycles. The number of rotatable bonds is 5. The van der Waals surface area contributed by atoms with Crippen molar-refractivity contribution < 1.29 is 9.53 Å². The highest BCUT2D eigenvalue weighted by atomic mass is 16.5. The molecule has 1 aliphatic heterocycles. The first kappa shape index (κ1) is 20.7. The summed E-state index contributed by atoms with van der Waals surface area (Å²) in [5, 5.41) is 1.25. The van der Waals surface area contributed by atoms with Gasteiger partial charge in [0.1, 0.15) is 0 Å². The van der Waals surface area contributed by atoms with E-state index in [1.807, 2.05) is 4.90 Å². The van der Waals surface area contributed by atoms with Crippen molar-refractivity contribution in [2.75, 3.05) is 26.3 Å². The van der Waals surface area contributed by atoms with Crippen molar-refractivity contribution in [1.82, 2.24) is 9.47 Å². The number of hydrogen-bond acceptors (Lipinski definition) is 2. The summed E-state index contributed by atoms with van der Waals surface area (Å²) in [6, 6.07) is 19.1. The monoisotopic (exact) mass is 404 g/mol. The second-order valence-corrected chi connectivity index (χ2v) is 9.33. The number of benzene rings is 2. The summed E-state index contributed by atoms with van der Waals surface area (Å²) in [6.07, 6.45) is 2.81. The number of aromatic nitrogens is 1. The zero-order chi connectivity index (χ0) is 21.1. The van der Waals surface area contributed by atoms with Crippen LogP contribution in [0.25, 0.3) is 10.9 Å². The number of hydrogen-bond donors (Lipinski definition) is 0. The van der Waals surface area contributed by atoms with Crippen LogP contribution >= 0.6 is 0 Å². The molecule has 4 rings (SSSR count). The third-order valence-corrected chi connectivity index (χ3v) is 6.18. The Morgan fingerprint density at radius 3 is 2.37 bits per heavy atom. The second-order valence-electron chi connectivity index (χ2n) is 9.33. The number of ether oxygens (including phenoxy) is 1. The van der Waals surface area contributed by atoms with Gasteiger partial charge in [-0.3, -0.25) is 4.79 Å². The zero-order valence-electron chi connectivity index (χ0n) is 18.3. The summed E-state index contributed by atoms with van der Waals surface area (Å²) in [4.78, 5) is 15.1. The normalized spacial score (nSPS) is 16.0. The molecule has 30 heavy (non-hydrogen) atoms. The van der Waals surface area contributed by atoms with Gasteiger partial charge in [-0.05, 0) is 28.5 Å². The molecule has 1 fully saturated rings. The van der Waals surface area contributed by atoms with E-state index < -0.39 is 0 Å². The van der Waals surface area contributed by atoms with Crippen LogP contribution in [0.3, 0.4) is 0 Å². The van der Waals surface area contributed by atoms with Gasteiger partial charge >= 0.3 is 0 Å². The first-order valence-corrected chi connectivity index (χ1v) is 10.9. The Hall–Kier alpha value is -2.59. The van der Waals surface area contributed by atoms with Crippen LogP contribution in [0.2, 0.25) is 0 Å². The van der Waals surface area contributed by atoms with E-state index in [1.54, 1.807) is 0 Å². The van der Waals surface area contributed by atoms with Gasteiger partial charge in [0.2, 0.25) is 5.91 Å². The molecule has 1 aliphatic rings. The Kier molecular flexibility index (Phi) is 5.96. The fourth-order valence-corrected chi connectivity index (χ4v) is 4.46. The molecule has 4 heteroatoms. The van der Waals surface area contributed by atoms with Crippen LogP contribution in [0.1, 0.15) is 44.2 Å².